The summed E-state index contributed by atoms with van der Waals surface area (Å²) >= 11 is 3.47. The van der Waals surface area contributed by atoms with Gasteiger partial charge in [0.15, 0.2) is 11.6 Å². The van der Waals surface area contributed by atoms with E-state index in [-0.39, 0.29) is 17.5 Å². The lowest BCUT2D eigenvalue weighted by atomic mass is 9.63. The zero-order valence-electron chi connectivity index (χ0n) is 23.1. The van der Waals surface area contributed by atoms with Gasteiger partial charge in [-0.05, 0) is 52.9 Å². The molecule has 4 aromatic carbocycles. The zero-order valence-corrected chi connectivity index (χ0v) is 24.7. The fourth-order valence-corrected chi connectivity index (χ4v) is 7.52. The van der Waals surface area contributed by atoms with E-state index in [0.717, 1.165) is 34.0 Å². The Kier molecular flexibility index (Phi) is 6.47. The third-order valence-corrected chi connectivity index (χ3v) is 9.56. The van der Waals surface area contributed by atoms with E-state index in [1.165, 1.54) is 0 Å². The van der Waals surface area contributed by atoms with Crippen molar-refractivity contribution in [3.05, 3.63) is 141 Å². The summed E-state index contributed by atoms with van der Waals surface area (Å²) in [5, 5.41) is 3.07. The third-order valence-electron chi connectivity index (χ3n) is 9.03. The van der Waals surface area contributed by atoms with Crippen LogP contribution in [0.2, 0.25) is 0 Å². The minimum Gasteiger partial charge on any atom is -0.358 e. The van der Waals surface area contributed by atoms with Crippen molar-refractivity contribution < 1.29 is 14.4 Å². The highest BCUT2D eigenvalue weighted by Gasteiger charge is 2.71. The molecule has 7 rings (SSSR count). The maximum atomic E-state index is 14.9. The van der Waals surface area contributed by atoms with Crippen molar-refractivity contribution >= 4 is 45.2 Å². The first kappa shape index (κ1) is 26.6. The highest BCUT2D eigenvalue weighted by atomic mass is 79.9. The lowest BCUT2D eigenvalue weighted by Crippen LogP contribution is -2.54. The van der Waals surface area contributed by atoms with Gasteiger partial charge >= 0.3 is 0 Å². The summed E-state index contributed by atoms with van der Waals surface area (Å²) in [5.74, 6) is -1.51. The molecule has 3 aliphatic heterocycles. The lowest BCUT2D eigenvalue weighted by molar-refractivity contribution is -0.122. The predicted octanol–water partition coefficient (Wildman–Crippen LogP) is 7.38. The Morgan fingerprint density at radius 3 is 2.29 bits per heavy atom. The fraction of sp³-hybridized carbons (Fsp3) is 0.194. The summed E-state index contributed by atoms with van der Waals surface area (Å²) in [7, 11) is 0. The molecule has 4 unspecified atom stereocenters. The number of ketones is 2. The summed E-state index contributed by atoms with van der Waals surface area (Å²) < 4.78 is 0.855. The van der Waals surface area contributed by atoms with Crippen LogP contribution < -0.4 is 5.32 Å². The number of halogens is 1. The Hall–Kier alpha value is -4.29. The van der Waals surface area contributed by atoms with E-state index < -0.39 is 23.4 Å². The quantitative estimate of drug-likeness (QED) is 0.229. The summed E-state index contributed by atoms with van der Waals surface area (Å²) in [5.41, 5.74) is 3.98. The van der Waals surface area contributed by atoms with Gasteiger partial charge in [-0.3, -0.25) is 14.4 Å². The van der Waals surface area contributed by atoms with Crippen LogP contribution in [0, 0.1) is 5.92 Å². The van der Waals surface area contributed by atoms with Crippen LogP contribution in [0.4, 0.5) is 5.69 Å². The van der Waals surface area contributed by atoms with E-state index >= 15 is 0 Å². The summed E-state index contributed by atoms with van der Waals surface area (Å²) in [6, 6.07) is 28.9. The minimum absolute atomic E-state index is 0.142. The molecule has 0 saturated carbocycles. The molecular weight excluding hydrogens is 588 g/mol. The Morgan fingerprint density at radius 1 is 0.857 bits per heavy atom. The minimum atomic E-state index is -1.45. The van der Waals surface area contributed by atoms with E-state index in [1.807, 2.05) is 102 Å². The molecule has 3 aliphatic rings. The molecule has 1 N–H and O–H groups in total. The van der Waals surface area contributed by atoms with E-state index in [0.29, 0.717) is 22.4 Å². The van der Waals surface area contributed by atoms with E-state index in [2.05, 4.69) is 28.2 Å². The maximum Gasteiger partial charge on any atom is 0.238 e. The molecule has 42 heavy (non-hydrogen) atoms. The van der Waals surface area contributed by atoms with Gasteiger partial charge in [-0.1, -0.05) is 108 Å². The molecule has 1 amide bonds. The largest absolute Gasteiger partial charge is 0.358 e. The Labute approximate surface area is 253 Å². The molecule has 1 spiro atoms. The molecule has 3 heterocycles. The number of hydrogen-bond donors (Lipinski definition) is 1. The number of anilines is 1. The van der Waals surface area contributed by atoms with Crippen LogP contribution in [0.15, 0.2) is 108 Å². The highest BCUT2D eigenvalue weighted by molar-refractivity contribution is 9.10. The van der Waals surface area contributed by atoms with Gasteiger partial charge in [-0.25, -0.2) is 0 Å². The van der Waals surface area contributed by atoms with Crippen molar-refractivity contribution in [2.75, 3.05) is 5.32 Å². The Balaban J connectivity index is 1.50. The van der Waals surface area contributed by atoms with Crippen molar-refractivity contribution in [2.45, 2.75) is 37.3 Å². The Bertz CT molecular complexity index is 1760. The first-order chi connectivity index (χ1) is 20.4. The van der Waals surface area contributed by atoms with Crippen LogP contribution in [0.25, 0.3) is 6.08 Å². The van der Waals surface area contributed by atoms with Crippen LogP contribution in [-0.2, 0) is 16.6 Å². The lowest BCUT2D eigenvalue weighted by Gasteiger charge is -2.35. The number of nitrogens with zero attached hydrogens (tertiary/aromatic N) is 1. The number of carbonyl (C=O) groups is 3. The van der Waals surface area contributed by atoms with Gasteiger partial charge in [0.05, 0.1) is 12.0 Å². The van der Waals surface area contributed by atoms with Gasteiger partial charge < -0.3 is 10.2 Å². The van der Waals surface area contributed by atoms with Crippen molar-refractivity contribution in [3.8, 4) is 0 Å². The highest BCUT2D eigenvalue weighted by Crippen LogP contribution is 2.61. The maximum absolute atomic E-state index is 14.9. The number of amides is 1. The van der Waals surface area contributed by atoms with E-state index in [1.54, 1.807) is 12.1 Å². The summed E-state index contributed by atoms with van der Waals surface area (Å²) in [6.45, 7) is 2.13. The number of nitrogens with one attached hydrogen (secondary N) is 1. The van der Waals surface area contributed by atoms with E-state index in [4.69, 9.17) is 0 Å². The SMILES string of the molecule is CCCc1ccc(C(=O)C2C3c4ccccc4C=CN3C(C(=O)c3ccc(Br)cc3)C23C(=O)Nc2ccccc23)cc1. The fourth-order valence-electron chi connectivity index (χ4n) is 7.25. The molecular formula is C36H29BrN2O3. The number of para-hydroxylation sites is 1. The first-order valence-electron chi connectivity index (χ1n) is 14.3. The van der Waals surface area contributed by atoms with Crippen LogP contribution in [0.3, 0.4) is 0 Å². The Morgan fingerprint density at radius 2 is 1.52 bits per heavy atom. The molecule has 0 radical (unpaired) electrons. The van der Waals surface area contributed by atoms with E-state index in [9.17, 15) is 14.4 Å². The molecule has 4 aromatic rings. The second-order valence-corrected chi connectivity index (χ2v) is 12.2. The molecule has 1 saturated heterocycles. The zero-order chi connectivity index (χ0) is 29.0. The average Bonchev–Trinajstić information content (AvgIpc) is 3.49. The van der Waals surface area contributed by atoms with Gasteiger partial charge in [0, 0.05) is 27.5 Å². The molecule has 0 aromatic heterocycles. The van der Waals surface area contributed by atoms with Crippen LogP contribution >= 0.6 is 15.9 Å². The van der Waals surface area contributed by atoms with Crippen LogP contribution in [0.1, 0.15) is 62.4 Å². The second kappa shape index (κ2) is 10.2. The number of aryl methyl sites for hydroxylation is 1. The van der Waals surface area contributed by atoms with Gasteiger partial charge in [0.2, 0.25) is 5.91 Å². The molecule has 6 heteroatoms. The van der Waals surface area contributed by atoms with Crippen LogP contribution in [-0.4, -0.2) is 28.4 Å². The molecule has 208 valence electrons. The predicted molar refractivity (Wildman–Crippen MR) is 167 cm³/mol. The third kappa shape index (κ3) is 3.85. The summed E-state index contributed by atoms with van der Waals surface area (Å²) in [6.07, 6.45) is 5.82. The van der Waals surface area contributed by atoms with Crippen molar-refractivity contribution in [1.82, 2.24) is 4.90 Å². The topological polar surface area (TPSA) is 66.5 Å². The smallest absolute Gasteiger partial charge is 0.238 e. The van der Waals surface area contributed by atoms with Crippen molar-refractivity contribution in [2.24, 2.45) is 5.92 Å². The number of hydrogen-bond acceptors (Lipinski definition) is 4. The van der Waals surface area contributed by atoms with Gasteiger partial charge in [-0.15, -0.1) is 0 Å². The summed E-state index contributed by atoms with van der Waals surface area (Å²) in [4.78, 5) is 46.1. The molecule has 1 fully saturated rings. The standard InChI is InChI=1S/C36H29BrN2O3/c1-2-7-22-12-14-24(15-13-22)32(40)30-31-27-9-4-3-8-23(27)20-21-39(31)34(33(41)25-16-18-26(37)19-17-25)36(30)28-10-5-6-11-29(28)38-35(36)42/h3-6,8-21,30-31,34H,2,7H2,1H3,(H,38,42). The van der Waals surface area contributed by atoms with Gasteiger partial charge in [0.25, 0.3) is 0 Å². The van der Waals surface area contributed by atoms with Gasteiger partial charge in [0.1, 0.15) is 11.5 Å². The average molecular weight is 618 g/mol. The van der Waals surface area contributed by atoms with Crippen molar-refractivity contribution in [1.29, 1.82) is 0 Å². The molecule has 4 atom stereocenters. The number of fused-ring (bicyclic) bond motifs is 5. The number of benzene rings is 4. The monoisotopic (exact) mass is 616 g/mol. The second-order valence-electron chi connectivity index (χ2n) is 11.3. The number of carbonyl (C=O) groups excluding carboxylic acids is 3. The number of Topliss-reactive ketones (excluding diaryl/α,β-unsaturated/α-hetero) is 2. The van der Waals surface area contributed by atoms with Crippen molar-refractivity contribution in [3.63, 3.8) is 0 Å². The van der Waals surface area contributed by atoms with Crippen LogP contribution in [0.5, 0.6) is 0 Å². The molecule has 0 bridgehead atoms. The molecule has 0 aliphatic carbocycles. The first-order valence-corrected chi connectivity index (χ1v) is 15.1. The number of rotatable bonds is 6. The van der Waals surface area contributed by atoms with Gasteiger partial charge in [-0.2, -0.15) is 0 Å². The normalized spacial score (nSPS) is 23.3. The molecule has 5 nitrogen and oxygen atoms in total.